The fourth-order valence-corrected chi connectivity index (χ4v) is 2.87. The van der Waals surface area contributed by atoms with Crippen molar-refractivity contribution >= 4 is 5.91 Å². The van der Waals surface area contributed by atoms with E-state index >= 15 is 0 Å². The first-order chi connectivity index (χ1) is 10.1. The molecule has 1 unspecified atom stereocenters. The van der Waals surface area contributed by atoms with Crippen molar-refractivity contribution in [2.45, 2.75) is 32.7 Å². The molecule has 0 saturated carbocycles. The van der Waals surface area contributed by atoms with Crippen molar-refractivity contribution in [3.05, 3.63) is 52.7 Å². The molecule has 1 aliphatic rings. The molecule has 1 aromatic carbocycles. The van der Waals surface area contributed by atoms with E-state index in [4.69, 9.17) is 4.52 Å². The largest absolute Gasteiger partial charge is 0.359 e. The van der Waals surface area contributed by atoms with Crippen molar-refractivity contribution in [2.75, 3.05) is 6.54 Å². The van der Waals surface area contributed by atoms with Gasteiger partial charge in [0.2, 0.25) is 0 Å². The van der Waals surface area contributed by atoms with Crippen molar-refractivity contribution in [3.8, 4) is 0 Å². The first kappa shape index (κ1) is 13.8. The van der Waals surface area contributed by atoms with E-state index in [1.165, 1.54) is 12.1 Å². The Labute approximate surface area is 122 Å². The number of hydrogen-bond donors (Lipinski definition) is 0. The number of aromatic nitrogens is 1. The molecule has 110 valence electrons. The van der Waals surface area contributed by atoms with Gasteiger partial charge in [-0.05, 0) is 50.5 Å². The number of halogens is 1. The lowest BCUT2D eigenvalue weighted by Crippen LogP contribution is -2.30. The van der Waals surface area contributed by atoms with Gasteiger partial charge in [-0.25, -0.2) is 4.39 Å². The van der Waals surface area contributed by atoms with Gasteiger partial charge in [0.25, 0.3) is 5.91 Å². The third-order valence-corrected chi connectivity index (χ3v) is 3.91. The average Bonchev–Trinajstić information content (AvgIpc) is 3.06. The minimum absolute atomic E-state index is 0.0796. The number of rotatable bonds is 2. The summed E-state index contributed by atoms with van der Waals surface area (Å²) < 4.78 is 18.5. The molecule has 2 aromatic rings. The molecule has 3 rings (SSSR count). The molecule has 1 aromatic heterocycles. The second kappa shape index (κ2) is 5.31. The summed E-state index contributed by atoms with van der Waals surface area (Å²) in [7, 11) is 0. The standard InChI is InChI=1S/C16H17FN2O2/c1-10-8-12(17)5-6-13(10)16(20)19-7-3-4-14(19)15-9-11(2)18-21-15/h5-6,8-9,14H,3-4,7H2,1-2H3. The molecule has 0 spiro atoms. The Morgan fingerprint density at radius 1 is 1.38 bits per heavy atom. The van der Waals surface area contributed by atoms with Crippen LogP contribution in [0.3, 0.4) is 0 Å². The van der Waals surface area contributed by atoms with Gasteiger partial charge in [0, 0.05) is 18.2 Å². The fourth-order valence-electron chi connectivity index (χ4n) is 2.87. The maximum atomic E-state index is 13.2. The number of likely N-dealkylation sites (tertiary alicyclic amines) is 1. The van der Waals surface area contributed by atoms with Gasteiger partial charge < -0.3 is 9.42 Å². The Morgan fingerprint density at radius 3 is 2.86 bits per heavy atom. The smallest absolute Gasteiger partial charge is 0.254 e. The highest BCUT2D eigenvalue weighted by Gasteiger charge is 2.33. The summed E-state index contributed by atoms with van der Waals surface area (Å²) >= 11 is 0. The van der Waals surface area contributed by atoms with E-state index in [1.54, 1.807) is 17.9 Å². The Bertz CT molecular complexity index is 681. The monoisotopic (exact) mass is 288 g/mol. The summed E-state index contributed by atoms with van der Waals surface area (Å²) in [6, 6.07) is 6.05. The molecule has 0 bridgehead atoms. The number of amides is 1. The maximum Gasteiger partial charge on any atom is 0.254 e. The van der Waals surface area contributed by atoms with Crippen molar-refractivity contribution in [2.24, 2.45) is 0 Å². The van der Waals surface area contributed by atoms with Gasteiger partial charge in [-0.15, -0.1) is 0 Å². The van der Waals surface area contributed by atoms with Crippen LogP contribution in [0.15, 0.2) is 28.8 Å². The van der Waals surface area contributed by atoms with Crippen LogP contribution in [0.4, 0.5) is 4.39 Å². The molecular formula is C16H17FN2O2. The van der Waals surface area contributed by atoms with Crippen LogP contribution >= 0.6 is 0 Å². The van der Waals surface area contributed by atoms with E-state index in [1.807, 2.05) is 13.0 Å². The normalized spacial score (nSPS) is 18.2. The first-order valence-electron chi connectivity index (χ1n) is 7.06. The van der Waals surface area contributed by atoms with Crippen LogP contribution in [0.1, 0.15) is 46.3 Å². The van der Waals surface area contributed by atoms with Crippen molar-refractivity contribution in [1.29, 1.82) is 0 Å². The minimum Gasteiger partial charge on any atom is -0.359 e. The van der Waals surface area contributed by atoms with E-state index < -0.39 is 0 Å². The molecule has 4 nitrogen and oxygen atoms in total. The Balaban J connectivity index is 1.89. The number of aryl methyl sites for hydroxylation is 2. The number of nitrogens with zero attached hydrogens (tertiary/aromatic N) is 2. The van der Waals surface area contributed by atoms with Crippen LogP contribution in [0.2, 0.25) is 0 Å². The minimum atomic E-state index is -0.326. The average molecular weight is 288 g/mol. The maximum absolute atomic E-state index is 13.2. The molecule has 1 aliphatic heterocycles. The van der Waals surface area contributed by atoms with Gasteiger partial charge >= 0.3 is 0 Å². The van der Waals surface area contributed by atoms with Gasteiger partial charge in [-0.1, -0.05) is 5.16 Å². The predicted molar refractivity (Wildman–Crippen MR) is 75.4 cm³/mol. The van der Waals surface area contributed by atoms with E-state index in [2.05, 4.69) is 5.16 Å². The molecule has 5 heteroatoms. The molecule has 1 amide bonds. The summed E-state index contributed by atoms with van der Waals surface area (Å²) in [5.74, 6) is 0.315. The Morgan fingerprint density at radius 2 is 2.19 bits per heavy atom. The van der Waals surface area contributed by atoms with E-state index in [9.17, 15) is 9.18 Å². The van der Waals surface area contributed by atoms with Crippen LogP contribution in [-0.2, 0) is 0 Å². The number of carbonyl (C=O) groups is 1. The third kappa shape index (κ3) is 2.55. The summed E-state index contributed by atoms with van der Waals surface area (Å²) in [5.41, 5.74) is 2.00. The zero-order valence-electron chi connectivity index (χ0n) is 12.1. The van der Waals surface area contributed by atoms with E-state index in [-0.39, 0.29) is 17.8 Å². The molecule has 1 saturated heterocycles. The second-order valence-corrected chi connectivity index (χ2v) is 5.49. The van der Waals surface area contributed by atoms with Crippen LogP contribution in [0.5, 0.6) is 0 Å². The van der Waals surface area contributed by atoms with Crippen molar-refractivity contribution in [1.82, 2.24) is 10.1 Å². The lowest BCUT2D eigenvalue weighted by molar-refractivity contribution is 0.0714. The molecule has 1 atom stereocenters. The third-order valence-electron chi connectivity index (χ3n) is 3.91. The van der Waals surface area contributed by atoms with Gasteiger partial charge in [0.15, 0.2) is 5.76 Å². The van der Waals surface area contributed by atoms with Crippen LogP contribution < -0.4 is 0 Å². The highest BCUT2D eigenvalue weighted by Crippen LogP contribution is 2.33. The number of hydrogen-bond acceptors (Lipinski definition) is 3. The highest BCUT2D eigenvalue weighted by atomic mass is 19.1. The molecule has 1 fully saturated rings. The second-order valence-electron chi connectivity index (χ2n) is 5.49. The van der Waals surface area contributed by atoms with Gasteiger partial charge in [0.05, 0.1) is 11.7 Å². The molecule has 21 heavy (non-hydrogen) atoms. The summed E-state index contributed by atoms with van der Waals surface area (Å²) in [6.07, 6.45) is 1.79. The van der Waals surface area contributed by atoms with Gasteiger partial charge in [-0.2, -0.15) is 0 Å². The van der Waals surface area contributed by atoms with Crippen LogP contribution in [0, 0.1) is 19.7 Å². The Kier molecular flexibility index (Phi) is 3.49. The lowest BCUT2D eigenvalue weighted by Gasteiger charge is -2.23. The van der Waals surface area contributed by atoms with Gasteiger partial charge in [0.1, 0.15) is 5.82 Å². The van der Waals surface area contributed by atoms with Gasteiger partial charge in [-0.3, -0.25) is 4.79 Å². The Hall–Kier alpha value is -2.17. The van der Waals surface area contributed by atoms with Crippen LogP contribution in [-0.4, -0.2) is 22.5 Å². The SMILES string of the molecule is Cc1cc(C2CCCN2C(=O)c2ccc(F)cc2C)on1. The summed E-state index contributed by atoms with van der Waals surface area (Å²) in [6.45, 7) is 4.29. The quantitative estimate of drug-likeness (QED) is 0.850. The topological polar surface area (TPSA) is 46.3 Å². The van der Waals surface area contributed by atoms with E-state index in [0.29, 0.717) is 17.7 Å². The fraction of sp³-hybridized carbons (Fsp3) is 0.375. The molecule has 0 radical (unpaired) electrons. The first-order valence-corrected chi connectivity index (χ1v) is 7.06. The van der Waals surface area contributed by atoms with Crippen molar-refractivity contribution in [3.63, 3.8) is 0 Å². The van der Waals surface area contributed by atoms with Crippen LogP contribution in [0.25, 0.3) is 0 Å². The van der Waals surface area contributed by atoms with Crippen molar-refractivity contribution < 1.29 is 13.7 Å². The molecule has 0 aliphatic carbocycles. The zero-order chi connectivity index (χ0) is 15.0. The summed E-state index contributed by atoms with van der Waals surface area (Å²) in [5, 5.41) is 3.89. The number of carbonyl (C=O) groups excluding carboxylic acids is 1. The summed E-state index contributed by atoms with van der Waals surface area (Å²) in [4.78, 5) is 14.5. The van der Waals surface area contributed by atoms with E-state index in [0.717, 1.165) is 24.3 Å². The highest BCUT2D eigenvalue weighted by molar-refractivity contribution is 5.96. The lowest BCUT2D eigenvalue weighted by atomic mass is 10.1. The molecule has 2 heterocycles. The predicted octanol–water partition coefficient (Wildman–Crippen LogP) is 3.41. The number of benzene rings is 1. The zero-order valence-corrected chi connectivity index (χ0v) is 12.1. The molecular weight excluding hydrogens is 271 g/mol. The molecule has 0 N–H and O–H groups in total.